The topological polar surface area (TPSA) is 85.2 Å². The van der Waals surface area contributed by atoms with Crippen molar-refractivity contribution in [1.82, 2.24) is 9.97 Å². The van der Waals surface area contributed by atoms with Crippen LogP contribution in [-0.2, 0) is 0 Å². The Morgan fingerprint density at radius 1 is 1.31 bits per heavy atom. The van der Waals surface area contributed by atoms with Gasteiger partial charge in [-0.3, -0.25) is 5.41 Å². The van der Waals surface area contributed by atoms with Crippen LogP contribution in [0, 0.1) is 11.2 Å². The molecule has 0 spiro atoms. The van der Waals surface area contributed by atoms with Crippen molar-refractivity contribution < 1.29 is 14.2 Å². The third-order valence-electron chi connectivity index (χ3n) is 4.22. The van der Waals surface area contributed by atoms with Gasteiger partial charge in [-0.1, -0.05) is 6.07 Å². The molecule has 0 atom stereocenters. The van der Waals surface area contributed by atoms with Crippen molar-refractivity contribution in [2.45, 2.75) is 6.92 Å². The monoisotopic (exact) mass is 352 g/mol. The Hall–Kier alpha value is -3.35. The molecule has 0 bridgehead atoms. The van der Waals surface area contributed by atoms with E-state index in [0.717, 1.165) is 5.69 Å². The van der Waals surface area contributed by atoms with E-state index in [1.807, 2.05) is 31.2 Å². The zero-order valence-corrected chi connectivity index (χ0v) is 14.1. The van der Waals surface area contributed by atoms with E-state index in [4.69, 9.17) is 10.1 Å². The summed E-state index contributed by atoms with van der Waals surface area (Å²) in [5.41, 5.74) is 2.14. The van der Waals surface area contributed by atoms with Crippen molar-refractivity contribution in [3.63, 3.8) is 0 Å². The lowest BCUT2D eigenvalue weighted by molar-refractivity contribution is 0.340. The lowest BCUT2D eigenvalue weighted by Gasteiger charge is -2.19. The number of aliphatic hydroxyl groups excluding tert-OH is 1. The maximum absolute atomic E-state index is 13.4. The molecule has 0 fully saturated rings. The van der Waals surface area contributed by atoms with E-state index < -0.39 is 0 Å². The number of amidine groups is 1. The second-order valence-corrected chi connectivity index (χ2v) is 5.93. The third-order valence-corrected chi connectivity index (χ3v) is 4.22. The van der Waals surface area contributed by atoms with Gasteiger partial charge in [0.05, 0.1) is 29.8 Å². The Bertz CT molecular complexity index is 1040. The Kier molecular flexibility index (Phi) is 3.84. The molecular formula is C19H17FN4O2. The van der Waals surface area contributed by atoms with E-state index in [9.17, 15) is 9.50 Å². The summed E-state index contributed by atoms with van der Waals surface area (Å²) in [4.78, 5) is 9.03. The Balaban J connectivity index is 1.68. The maximum atomic E-state index is 13.4. The number of nitrogens with zero attached hydrogens (tertiary/aromatic N) is 2. The summed E-state index contributed by atoms with van der Waals surface area (Å²) in [6, 6.07) is 11.6. The van der Waals surface area contributed by atoms with Crippen LogP contribution in [-0.4, -0.2) is 34.1 Å². The molecule has 3 N–H and O–H groups in total. The zero-order valence-electron chi connectivity index (χ0n) is 14.1. The molecule has 132 valence electrons. The van der Waals surface area contributed by atoms with Crippen LogP contribution in [0.25, 0.3) is 16.6 Å². The number of anilines is 1. The smallest absolute Gasteiger partial charge is 0.145 e. The molecule has 0 radical (unpaired) electrons. The number of hydrogen-bond donors (Lipinski definition) is 3. The summed E-state index contributed by atoms with van der Waals surface area (Å²) in [5, 5.41) is 18.9. The highest BCUT2D eigenvalue weighted by Gasteiger charge is 2.31. The molecule has 7 heteroatoms. The number of ether oxygens (including phenoxy) is 1. The first-order valence-electron chi connectivity index (χ1n) is 8.24. The van der Waals surface area contributed by atoms with Crippen LogP contribution in [0.4, 0.5) is 10.1 Å². The minimum Gasteiger partial charge on any atom is -0.509 e. The molecule has 3 aromatic rings. The molecule has 4 rings (SSSR count). The number of benzene rings is 2. The normalized spacial score (nSPS) is 14.5. The van der Waals surface area contributed by atoms with Gasteiger partial charge >= 0.3 is 0 Å². The van der Waals surface area contributed by atoms with Gasteiger partial charge in [0, 0.05) is 11.8 Å². The molecule has 2 aromatic carbocycles. The van der Waals surface area contributed by atoms with E-state index in [1.165, 1.54) is 12.1 Å². The molecule has 1 aliphatic rings. The number of halogens is 1. The van der Waals surface area contributed by atoms with Crippen molar-refractivity contribution in [2.24, 2.45) is 0 Å². The van der Waals surface area contributed by atoms with Gasteiger partial charge in [-0.05, 0) is 37.3 Å². The molecule has 1 aromatic heterocycles. The standard InChI is InChI=1S/C19H17FN4O2/c1-2-26-13-5-3-4-12(9-13)24-10-16(25)17(18(24)21)19-22-14-7-6-11(20)8-15(14)23-19/h3-9,21,25H,2,10H2,1H3,(H,22,23). The molecule has 0 saturated carbocycles. The fraction of sp³-hybridized carbons (Fsp3) is 0.158. The second kappa shape index (κ2) is 6.18. The molecular weight excluding hydrogens is 335 g/mol. The molecule has 2 heterocycles. The highest BCUT2D eigenvalue weighted by molar-refractivity contribution is 6.30. The van der Waals surface area contributed by atoms with E-state index in [2.05, 4.69) is 9.97 Å². The number of fused-ring (bicyclic) bond motifs is 1. The molecule has 26 heavy (non-hydrogen) atoms. The van der Waals surface area contributed by atoms with Crippen LogP contribution in [0.15, 0.2) is 48.2 Å². The van der Waals surface area contributed by atoms with Gasteiger partial charge < -0.3 is 19.7 Å². The summed E-state index contributed by atoms with van der Waals surface area (Å²) >= 11 is 0. The summed E-state index contributed by atoms with van der Waals surface area (Å²) in [7, 11) is 0. The SMILES string of the molecule is CCOc1cccc(N2CC(O)=C(c3nc4ccc(F)cc4[nH]3)C2=N)c1. The number of H-pyrrole nitrogens is 1. The molecule has 1 aliphatic heterocycles. The largest absolute Gasteiger partial charge is 0.509 e. The third kappa shape index (κ3) is 2.67. The summed E-state index contributed by atoms with van der Waals surface area (Å²) in [5.74, 6) is 0.829. The van der Waals surface area contributed by atoms with Gasteiger partial charge in [0.15, 0.2) is 0 Å². The summed E-state index contributed by atoms with van der Waals surface area (Å²) in [6.07, 6.45) is 0. The van der Waals surface area contributed by atoms with Crippen LogP contribution in [0.2, 0.25) is 0 Å². The van der Waals surface area contributed by atoms with Crippen LogP contribution >= 0.6 is 0 Å². The summed E-state index contributed by atoms with van der Waals surface area (Å²) in [6.45, 7) is 2.61. The van der Waals surface area contributed by atoms with Crippen LogP contribution in [0.3, 0.4) is 0 Å². The number of hydrogen-bond acceptors (Lipinski definition) is 4. The number of rotatable bonds is 4. The van der Waals surface area contributed by atoms with Crippen LogP contribution in [0.1, 0.15) is 12.7 Å². The van der Waals surface area contributed by atoms with E-state index in [-0.39, 0.29) is 24.0 Å². The predicted molar refractivity (Wildman–Crippen MR) is 98.3 cm³/mol. The number of aliphatic hydroxyl groups is 1. The van der Waals surface area contributed by atoms with Crippen molar-refractivity contribution in [3.8, 4) is 5.75 Å². The number of aromatic amines is 1. The number of imidazole rings is 1. The van der Waals surface area contributed by atoms with E-state index >= 15 is 0 Å². The van der Waals surface area contributed by atoms with Gasteiger partial charge in [0.25, 0.3) is 0 Å². The Morgan fingerprint density at radius 3 is 2.96 bits per heavy atom. The minimum atomic E-state index is -0.373. The second-order valence-electron chi connectivity index (χ2n) is 5.93. The van der Waals surface area contributed by atoms with Crippen molar-refractivity contribution in [2.75, 3.05) is 18.1 Å². The van der Waals surface area contributed by atoms with Gasteiger partial charge in [-0.15, -0.1) is 0 Å². The van der Waals surface area contributed by atoms with Crippen molar-refractivity contribution in [1.29, 1.82) is 5.41 Å². The maximum Gasteiger partial charge on any atom is 0.145 e. The fourth-order valence-electron chi connectivity index (χ4n) is 3.06. The van der Waals surface area contributed by atoms with Crippen LogP contribution in [0.5, 0.6) is 5.75 Å². The lowest BCUT2D eigenvalue weighted by Crippen LogP contribution is -2.26. The zero-order chi connectivity index (χ0) is 18.3. The molecule has 6 nitrogen and oxygen atoms in total. The lowest BCUT2D eigenvalue weighted by atomic mass is 10.2. The predicted octanol–water partition coefficient (Wildman–Crippen LogP) is 3.87. The quantitative estimate of drug-likeness (QED) is 0.665. The fourth-order valence-corrected chi connectivity index (χ4v) is 3.06. The highest BCUT2D eigenvalue weighted by Crippen LogP contribution is 2.32. The summed E-state index contributed by atoms with van der Waals surface area (Å²) < 4.78 is 18.9. The van der Waals surface area contributed by atoms with Gasteiger partial charge in [-0.2, -0.15) is 0 Å². The Morgan fingerprint density at radius 2 is 2.15 bits per heavy atom. The minimum absolute atomic E-state index is 0.0383. The molecule has 0 saturated heterocycles. The molecule has 0 unspecified atom stereocenters. The van der Waals surface area contributed by atoms with Crippen molar-refractivity contribution >= 4 is 28.1 Å². The highest BCUT2D eigenvalue weighted by atomic mass is 19.1. The average Bonchev–Trinajstić information content (AvgIpc) is 3.15. The first-order valence-corrected chi connectivity index (χ1v) is 8.24. The number of aromatic nitrogens is 2. The van der Waals surface area contributed by atoms with Crippen LogP contribution < -0.4 is 9.64 Å². The van der Waals surface area contributed by atoms with Crippen molar-refractivity contribution in [3.05, 3.63) is 59.9 Å². The average molecular weight is 352 g/mol. The Labute approximate surface area is 149 Å². The first-order chi connectivity index (χ1) is 12.6. The van der Waals surface area contributed by atoms with Gasteiger partial charge in [0.2, 0.25) is 0 Å². The number of nitrogens with one attached hydrogen (secondary N) is 2. The molecule has 0 aliphatic carbocycles. The van der Waals surface area contributed by atoms with Gasteiger partial charge in [0.1, 0.15) is 29.0 Å². The van der Waals surface area contributed by atoms with E-state index in [0.29, 0.717) is 34.8 Å². The van der Waals surface area contributed by atoms with Gasteiger partial charge in [-0.25, -0.2) is 9.37 Å². The molecule has 0 amide bonds. The van der Waals surface area contributed by atoms with E-state index in [1.54, 1.807) is 11.0 Å². The first kappa shape index (κ1) is 16.1.